The lowest BCUT2D eigenvalue weighted by Gasteiger charge is -2.24. The number of hydrogen-bond acceptors (Lipinski definition) is 14. The number of hydrogen-bond donors (Lipinski definition) is 5. The van der Waals surface area contributed by atoms with Crippen molar-refractivity contribution < 1.29 is 47.7 Å². The molecule has 0 bridgehead atoms. The molecule has 2 atom stereocenters. The molecule has 1 fully saturated rings. The molecule has 0 aliphatic heterocycles. The predicted octanol–water partition coefficient (Wildman–Crippen LogP) is 8.37. The van der Waals surface area contributed by atoms with Crippen LogP contribution in [-0.2, 0) is 64.2 Å². The molecule has 5 aromatic rings. The van der Waals surface area contributed by atoms with Crippen LogP contribution in [0.1, 0.15) is 101 Å². The lowest BCUT2D eigenvalue weighted by molar-refractivity contribution is -0.131. The molecule has 6 rings (SSSR count). The molecule has 2 aromatic heterocycles. The number of fused-ring (bicyclic) bond motifs is 3. The van der Waals surface area contributed by atoms with Gasteiger partial charge in [0.15, 0.2) is 11.6 Å². The van der Waals surface area contributed by atoms with E-state index in [4.69, 9.17) is 45.7 Å². The number of nitrogens with one attached hydrogen (secondary N) is 3. The van der Waals surface area contributed by atoms with Crippen LogP contribution in [0.4, 0.5) is 21.1 Å². The van der Waals surface area contributed by atoms with Crippen molar-refractivity contribution in [2.24, 2.45) is 28.6 Å². The summed E-state index contributed by atoms with van der Waals surface area (Å²) < 4.78 is 29.9. The first-order valence-electron chi connectivity index (χ1n) is 27.9. The van der Waals surface area contributed by atoms with Crippen LogP contribution in [0, 0.1) is 17.8 Å². The number of carbonyl (C=O) groups excluding carboxylic acids is 5. The number of anilines is 2. The number of para-hydroxylation sites is 1. The van der Waals surface area contributed by atoms with Crippen LogP contribution in [-0.4, -0.2) is 128 Å². The van der Waals surface area contributed by atoms with Crippen molar-refractivity contribution in [3.63, 3.8) is 0 Å². The van der Waals surface area contributed by atoms with Crippen molar-refractivity contribution in [1.82, 2.24) is 30.1 Å². The Morgan fingerprint density at radius 2 is 1.51 bits per heavy atom. The highest BCUT2D eigenvalue weighted by Crippen LogP contribution is 2.33. The molecule has 1 saturated carbocycles. The molecule has 22 nitrogen and oxygen atoms in total. The molecule has 0 unspecified atom stereocenters. The Morgan fingerprint density at radius 1 is 0.850 bits per heavy atom. The highest BCUT2D eigenvalue weighted by atomic mass is 16.6. The molecule has 1 aliphatic carbocycles. The number of rotatable bonds is 38. The van der Waals surface area contributed by atoms with Gasteiger partial charge in [-0.15, -0.1) is 0 Å². The summed E-state index contributed by atoms with van der Waals surface area (Å²) in [5, 5.41) is 12.7. The minimum Gasteiger partial charge on any atom is -0.445 e. The summed E-state index contributed by atoms with van der Waals surface area (Å²) in [5.41, 5.74) is 25.8. The number of ether oxygens (including phenoxy) is 5. The fourth-order valence-electron chi connectivity index (χ4n) is 9.10. The number of pyridine rings is 1. The Hall–Kier alpha value is -7.36. The van der Waals surface area contributed by atoms with E-state index in [1.807, 2.05) is 32.0 Å². The number of carbonyl (C=O) groups is 5. The maximum Gasteiger partial charge on any atom is 0.410 e. The van der Waals surface area contributed by atoms with Gasteiger partial charge in [0.1, 0.15) is 17.9 Å². The minimum absolute atomic E-state index is 0.0184. The topological polar surface area (TPSA) is 302 Å². The average Bonchev–Trinajstić information content (AvgIpc) is 4.29. The Bertz CT molecular complexity index is 2820. The number of primary amides is 1. The highest BCUT2D eigenvalue weighted by molar-refractivity contribution is 6.06. The second-order valence-corrected chi connectivity index (χ2v) is 20.4. The summed E-state index contributed by atoms with van der Waals surface area (Å²) in [6.45, 7) is 10.4. The van der Waals surface area contributed by atoms with Crippen LogP contribution < -0.4 is 27.4 Å². The number of imidazole rings is 1. The van der Waals surface area contributed by atoms with E-state index in [0.717, 1.165) is 83.0 Å². The van der Waals surface area contributed by atoms with E-state index in [0.29, 0.717) is 83.1 Å². The van der Waals surface area contributed by atoms with Crippen LogP contribution >= 0.6 is 0 Å². The van der Waals surface area contributed by atoms with E-state index in [-0.39, 0.29) is 69.8 Å². The number of nitrogen functional groups attached to an aromatic ring is 1. The predicted molar refractivity (Wildman–Crippen MR) is 305 cm³/mol. The lowest BCUT2D eigenvalue weighted by atomic mass is 9.89. The Balaban J connectivity index is 0.977. The van der Waals surface area contributed by atoms with Gasteiger partial charge in [0.25, 0.3) is 0 Å². The fraction of sp³-hybridized carbons (Fsp3) is 0.534. The second-order valence-electron chi connectivity index (χ2n) is 20.4. The summed E-state index contributed by atoms with van der Waals surface area (Å²) in [6, 6.07) is 21.8. The minimum atomic E-state index is -0.849. The largest absolute Gasteiger partial charge is 0.445 e. The lowest BCUT2D eigenvalue weighted by Crippen LogP contribution is -2.45. The van der Waals surface area contributed by atoms with Gasteiger partial charge in [-0.25, -0.2) is 19.6 Å². The number of ketones is 1. The van der Waals surface area contributed by atoms with Gasteiger partial charge in [-0.2, -0.15) is 0 Å². The van der Waals surface area contributed by atoms with E-state index < -0.39 is 30.0 Å². The van der Waals surface area contributed by atoms with E-state index in [1.54, 1.807) is 29.2 Å². The van der Waals surface area contributed by atoms with Gasteiger partial charge in [-0.05, 0) is 77.9 Å². The molecule has 432 valence electrons. The van der Waals surface area contributed by atoms with Crippen LogP contribution in [0.25, 0.3) is 32.4 Å². The van der Waals surface area contributed by atoms with Gasteiger partial charge in [0, 0.05) is 73.9 Å². The molecular formula is C58H80N12O10. The van der Waals surface area contributed by atoms with E-state index in [9.17, 15) is 24.0 Å². The molecule has 0 saturated heterocycles. The van der Waals surface area contributed by atoms with Gasteiger partial charge < -0.3 is 60.6 Å². The molecule has 1 aliphatic rings. The Morgan fingerprint density at radius 3 is 2.17 bits per heavy atom. The van der Waals surface area contributed by atoms with Crippen LogP contribution in [0.2, 0.25) is 0 Å². The Kier molecular flexibility index (Phi) is 25.7. The van der Waals surface area contributed by atoms with Crippen molar-refractivity contribution in [3.05, 3.63) is 106 Å². The third kappa shape index (κ3) is 20.7. The smallest absolute Gasteiger partial charge is 0.410 e. The number of azide groups is 1. The number of urea groups is 1. The molecule has 22 heteroatoms. The number of nitrogens with zero attached hydrogens (tertiary/aromatic N) is 7. The molecule has 7 N–H and O–H groups in total. The van der Waals surface area contributed by atoms with Crippen molar-refractivity contribution in [1.29, 1.82) is 0 Å². The SMILES string of the molecule is CCCCc1nc2c(N)nc3ccccc3c2n1Cc1ccc(CN(CCC2CC2)C(=O)OCc2ccc(NC(=O)[C@H](CCCNC(N)=O)CC(=O)[C@@H](NC(=O)CCOCCOCCOCCOCCN=[N+]=[N-])C(C)C)cc2)cc1. The van der Waals surface area contributed by atoms with E-state index in [1.165, 1.54) is 0 Å². The molecular weight excluding hydrogens is 1020 g/mol. The van der Waals surface area contributed by atoms with Crippen LogP contribution in [0.3, 0.4) is 0 Å². The third-order valence-electron chi connectivity index (χ3n) is 13.7. The number of nitrogens with two attached hydrogens (primary N) is 2. The monoisotopic (exact) mass is 1100 g/mol. The van der Waals surface area contributed by atoms with Crippen molar-refractivity contribution >= 4 is 63.2 Å². The van der Waals surface area contributed by atoms with Gasteiger partial charge in [-0.1, -0.05) is 99.7 Å². The number of benzene rings is 3. The fourth-order valence-corrected chi connectivity index (χ4v) is 9.10. The maximum absolute atomic E-state index is 13.8. The molecule has 80 heavy (non-hydrogen) atoms. The second kappa shape index (κ2) is 33.3. The standard InChI is InChI=1S/C58H80N12O10/c1-4-5-12-50-66-53-54(47-10-6-7-11-48(47)65-55(53)59)70(50)38-43-17-15-42(16-18-43)37-69(27-23-41-13-14-41)58(75)80-39-44-19-21-46(22-20-44)64-56(73)45(9-8-25-62-57(60)74)36-49(71)52(40(2)3)67-51(72)24-28-76-30-32-78-34-35-79-33-31-77-29-26-63-68-61/h6-7,10-11,15-22,40-41,45,52H,4-5,8-9,12-14,23-39H2,1-3H3,(H2,59,65)(H,64,73)(H,67,72)(H3,60,62,74)/t45-,52+/m1/s1. The Labute approximate surface area is 467 Å². The molecule has 0 spiro atoms. The van der Waals surface area contributed by atoms with Crippen molar-refractivity contribution in [2.45, 2.75) is 111 Å². The molecule has 5 amide bonds. The maximum atomic E-state index is 13.8. The zero-order valence-electron chi connectivity index (χ0n) is 46.6. The van der Waals surface area contributed by atoms with Gasteiger partial charge in [0.05, 0.1) is 69.9 Å². The highest BCUT2D eigenvalue weighted by Gasteiger charge is 2.30. The van der Waals surface area contributed by atoms with Gasteiger partial charge >= 0.3 is 12.1 Å². The zero-order valence-corrected chi connectivity index (χ0v) is 46.6. The molecule has 2 heterocycles. The van der Waals surface area contributed by atoms with Crippen LogP contribution in [0.5, 0.6) is 0 Å². The molecule has 3 aromatic carbocycles. The van der Waals surface area contributed by atoms with Crippen LogP contribution in [0.15, 0.2) is 77.9 Å². The average molecular weight is 1110 g/mol. The quantitative estimate of drug-likeness (QED) is 0.0108. The van der Waals surface area contributed by atoms with Gasteiger partial charge in [0.2, 0.25) is 11.8 Å². The van der Waals surface area contributed by atoms with Gasteiger partial charge in [-0.3, -0.25) is 14.4 Å². The number of unbranched alkanes of at least 4 members (excludes halogenated alkanes) is 1. The zero-order chi connectivity index (χ0) is 57.1. The third-order valence-corrected chi connectivity index (χ3v) is 13.7. The first kappa shape index (κ1) is 61.8. The summed E-state index contributed by atoms with van der Waals surface area (Å²) >= 11 is 0. The number of Topliss-reactive ketones (excluding diaryl/α,β-unsaturated/α-hetero) is 1. The number of aromatic nitrogens is 3. The summed E-state index contributed by atoms with van der Waals surface area (Å²) in [7, 11) is 0. The first-order valence-corrected chi connectivity index (χ1v) is 27.9. The normalized spacial score (nSPS) is 12.9. The van der Waals surface area contributed by atoms with E-state index >= 15 is 0 Å². The summed E-state index contributed by atoms with van der Waals surface area (Å²) in [6.07, 6.45) is 6.18. The summed E-state index contributed by atoms with van der Waals surface area (Å²) in [4.78, 5) is 79.8. The van der Waals surface area contributed by atoms with E-state index in [2.05, 4.69) is 72.8 Å². The van der Waals surface area contributed by atoms with Crippen molar-refractivity contribution in [2.75, 3.05) is 83.5 Å². The summed E-state index contributed by atoms with van der Waals surface area (Å²) in [5.74, 6) is -0.114. The molecule has 0 radical (unpaired) electrons. The van der Waals surface area contributed by atoms with Crippen molar-refractivity contribution in [3.8, 4) is 0 Å². The number of aryl methyl sites for hydroxylation is 1. The first-order chi connectivity index (χ1) is 38.8. The number of amides is 5.